The molecule has 1 N–H and O–H groups in total. The van der Waals surface area contributed by atoms with Gasteiger partial charge in [-0.15, -0.1) is 0 Å². The molecule has 5 nitrogen and oxygen atoms in total. The first-order chi connectivity index (χ1) is 14.6. The van der Waals surface area contributed by atoms with Gasteiger partial charge in [-0.2, -0.15) is 0 Å². The second-order valence-corrected chi connectivity index (χ2v) is 10.6. The minimum atomic E-state index is -1.35. The molecule has 0 aromatic heterocycles. The monoisotopic (exact) mass is 442 g/mol. The molecule has 6 heteroatoms. The summed E-state index contributed by atoms with van der Waals surface area (Å²) in [6.07, 6.45) is 1.51. The number of piperidine rings is 1. The third-order valence-corrected chi connectivity index (χ3v) is 6.55. The Morgan fingerprint density at radius 2 is 1.68 bits per heavy atom. The molecule has 1 aliphatic heterocycles. The van der Waals surface area contributed by atoms with Gasteiger partial charge in [-0.3, -0.25) is 9.52 Å². The van der Waals surface area contributed by atoms with Crippen molar-refractivity contribution in [2.24, 2.45) is 5.92 Å². The molecule has 0 saturated carbocycles. The number of benzene rings is 2. The van der Waals surface area contributed by atoms with Crippen molar-refractivity contribution in [3.63, 3.8) is 0 Å². The highest BCUT2D eigenvalue weighted by Crippen LogP contribution is 2.31. The first kappa shape index (κ1) is 23.3. The fraction of sp³-hybridized carbons (Fsp3) is 0.480. The Morgan fingerprint density at radius 3 is 2.26 bits per heavy atom. The van der Waals surface area contributed by atoms with Crippen LogP contribution in [0.3, 0.4) is 0 Å². The predicted molar refractivity (Wildman–Crippen MR) is 128 cm³/mol. The Labute approximate surface area is 188 Å². The minimum absolute atomic E-state index is 0.0656. The van der Waals surface area contributed by atoms with Gasteiger partial charge in [0.1, 0.15) is 16.6 Å². The molecular formula is C25H34N2O3S. The number of hydrogen-bond donors (Lipinski definition) is 1. The first-order valence-corrected chi connectivity index (χ1v) is 12.1. The molecule has 1 unspecified atom stereocenters. The molecule has 0 amide bonds. The number of nitrogens with one attached hydrogen (secondary N) is 1. The third-order valence-electron chi connectivity index (χ3n) is 5.44. The molecule has 3 rings (SSSR count). The largest absolute Gasteiger partial charge is 0.460 e. The maximum Gasteiger partial charge on any atom is 0.309 e. The predicted octanol–water partition coefficient (Wildman–Crippen LogP) is 5.50. The van der Waals surface area contributed by atoms with Crippen molar-refractivity contribution in [2.45, 2.75) is 63.9 Å². The smallest absolute Gasteiger partial charge is 0.309 e. The normalized spacial score (nSPS) is 16.3. The van der Waals surface area contributed by atoms with Crippen LogP contribution in [0.1, 0.15) is 58.9 Å². The van der Waals surface area contributed by atoms with E-state index in [0.717, 1.165) is 42.2 Å². The van der Waals surface area contributed by atoms with Crippen molar-refractivity contribution in [3.05, 3.63) is 54.1 Å². The summed E-state index contributed by atoms with van der Waals surface area (Å²) in [5, 5.41) is 0. The van der Waals surface area contributed by atoms with Crippen LogP contribution in [0.15, 0.2) is 53.4 Å². The SMILES string of the molecule is CC(C)c1ccc(S(=O)Nc2ccccc2N2CCC(C(=O)OC(C)(C)C)CC2)cc1. The summed E-state index contributed by atoms with van der Waals surface area (Å²) in [7, 11) is -1.35. The van der Waals surface area contributed by atoms with Gasteiger partial charge in [0, 0.05) is 13.1 Å². The number of carbonyl (C=O) groups is 1. The van der Waals surface area contributed by atoms with E-state index in [2.05, 4.69) is 23.5 Å². The van der Waals surface area contributed by atoms with E-state index in [-0.39, 0.29) is 11.9 Å². The summed E-state index contributed by atoms with van der Waals surface area (Å²) in [6.45, 7) is 11.5. The van der Waals surface area contributed by atoms with Crippen LogP contribution >= 0.6 is 0 Å². The molecule has 168 valence electrons. The van der Waals surface area contributed by atoms with Crippen molar-refractivity contribution in [1.82, 2.24) is 0 Å². The van der Waals surface area contributed by atoms with Crippen molar-refractivity contribution < 1.29 is 13.7 Å². The van der Waals surface area contributed by atoms with Gasteiger partial charge in [0.2, 0.25) is 0 Å². The Hall–Kier alpha value is -2.34. The lowest BCUT2D eigenvalue weighted by molar-refractivity contribution is -0.160. The summed E-state index contributed by atoms with van der Waals surface area (Å²) in [5.41, 5.74) is 2.62. The molecule has 1 fully saturated rings. The Morgan fingerprint density at radius 1 is 1.06 bits per heavy atom. The third kappa shape index (κ3) is 6.33. The molecule has 1 atom stereocenters. The first-order valence-electron chi connectivity index (χ1n) is 11.0. The van der Waals surface area contributed by atoms with Crippen LogP contribution in [0.25, 0.3) is 0 Å². The van der Waals surface area contributed by atoms with Crippen molar-refractivity contribution in [3.8, 4) is 0 Å². The highest BCUT2D eigenvalue weighted by atomic mass is 32.2. The second kappa shape index (κ2) is 9.86. The molecule has 31 heavy (non-hydrogen) atoms. The summed E-state index contributed by atoms with van der Waals surface area (Å²) in [4.78, 5) is 15.4. The van der Waals surface area contributed by atoms with E-state index in [1.54, 1.807) is 0 Å². The zero-order valence-electron chi connectivity index (χ0n) is 19.2. The van der Waals surface area contributed by atoms with Crippen LogP contribution in [0, 0.1) is 5.92 Å². The quantitative estimate of drug-likeness (QED) is 0.600. The molecule has 2 aromatic rings. The molecule has 0 radical (unpaired) electrons. The zero-order chi connectivity index (χ0) is 22.6. The van der Waals surface area contributed by atoms with Gasteiger partial charge in [0.15, 0.2) is 0 Å². The fourth-order valence-corrected chi connectivity index (χ4v) is 4.59. The van der Waals surface area contributed by atoms with E-state index in [0.29, 0.717) is 5.92 Å². The van der Waals surface area contributed by atoms with Gasteiger partial charge in [-0.25, -0.2) is 4.21 Å². The minimum Gasteiger partial charge on any atom is -0.460 e. The molecule has 0 aliphatic carbocycles. The number of para-hydroxylation sites is 2. The Bertz CT molecular complexity index is 911. The lowest BCUT2D eigenvalue weighted by atomic mass is 9.96. The standard InChI is InChI=1S/C25H34N2O3S/c1-18(2)19-10-12-21(13-11-19)31(29)26-22-8-6-7-9-23(22)27-16-14-20(15-17-27)24(28)30-25(3,4)5/h6-13,18,20,26H,14-17H2,1-5H3. The number of ether oxygens (including phenoxy) is 1. The summed E-state index contributed by atoms with van der Waals surface area (Å²) < 4.78 is 21.7. The highest BCUT2D eigenvalue weighted by molar-refractivity contribution is 7.86. The van der Waals surface area contributed by atoms with E-state index in [1.165, 1.54) is 5.56 Å². The van der Waals surface area contributed by atoms with Gasteiger partial charge >= 0.3 is 5.97 Å². The summed E-state index contributed by atoms with van der Waals surface area (Å²) in [5.74, 6) is 0.272. The van der Waals surface area contributed by atoms with Crippen LogP contribution in [-0.2, 0) is 20.5 Å². The van der Waals surface area contributed by atoms with E-state index < -0.39 is 16.6 Å². The van der Waals surface area contributed by atoms with Crippen molar-refractivity contribution >= 4 is 28.3 Å². The van der Waals surface area contributed by atoms with Crippen LogP contribution in [-0.4, -0.2) is 28.9 Å². The highest BCUT2D eigenvalue weighted by Gasteiger charge is 2.29. The van der Waals surface area contributed by atoms with E-state index in [9.17, 15) is 9.00 Å². The number of nitrogens with zero attached hydrogens (tertiary/aromatic N) is 1. The number of carbonyl (C=O) groups excluding carboxylic acids is 1. The van der Waals surface area contributed by atoms with Crippen LogP contribution in [0.4, 0.5) is 11.4 Å². The van der Waals surface area contributed by atoms with Gasteiger partial charge in [-0.05, 0) is 69.4 Å². The maximum absolute atomic E-state index is 12.9. The van der Waals surface area contributed by atoms with Gasteiger partial charge in [0.05, 0.1) is 22.2 Å². The van der Waals surface area contributed by atoms with Gasteiger partial charge in [0.25, 0.3) is 0 Å². The van der Waals surface area contributed by atoms with E-state index in [1.807, 2.05) is 69.3 Å². The van der Waals surface area contributed by atoms with Crippen LogP contribution < -0.4 is 9.62 Å². The molecule has 1 aliphatic rings. The number of anilines is 2. The Kier molecular flexibility index (Phi) is 7.42. The van der Waals surface area contributed by atoms with Gasteiger partial charge in [-0.1, -0.05) is 38.1 Å². The van der Waals surface area contributed by atoms with Crippen LogP contribution in [0.5, 0.6) is 0 Å². The van der Waals surface area contributed by atoms with E-state index in [4.69, 9.17) is 4.74 Å². The molecule has 0 bridgehead atoms. The fourth-order valence-electron chi connectivity index (χ4n) is 3.71. The average Bonchev–Trinajstić information content (AvgIpc) is 2.73. The molecule has 2 aromatic carbocycles. The number of rotatable bonds is 6. The summed E-state index contributed by atoms with van der Waals surface area (Å²) >= 11 is 0. The van der Waals surface area contributed by atoms with Crippen molar-refractivity contribution in [2.75, 3.05) is 22.7 Å². The molecule has 0 spiro atoms. The topological polar surface area (TPSA) is 58.6 Å². The molecule has 1 saturated heterocycles. The maximum atomic E-state index is 12.9. The Balaban J connectivity index is 1.66. The molecular weight excluding hydrogens is 408 g/mol. The van der Waals surface area contributed by atoms with Crippen LogP contribution in [0.2, 0.25) is 0 Å². The van der Waals surface area contributed by atoms with Gasteiger partial charge < -0.3 is 9.64 Å². The number of esters is 1. The number of hydrogen-bond acceptors (Lipinski definition) is 4. The second-order valence-electron chi connectivity index (χ2n) is 9.41. The van der Waals surface area contributed by atoms with Crippen molar-refractivity contribution in [1.29, 1.82) is 0 Å². The summed E-state index contributed by atoms with van der Waals surface area (Å²) in [6, 6.07) is 15.8. The van der Waals surface area contributed by atoms with E-state index >= 15 is 0 Å². The lowest BCUT2D eigenvalue weighted by Gasteiger charge is -2.34. The average molecular weight is 443 g/mol. The lowest BCUT2D eigenvalue weighted by Crippen LogP contribution is -2.39. The molecule has 1 heterocycles. The zero-order valence-corrected chi connectivity index (χ0v) is 20.0.